The number of nitrogens with one attached hydrogen (secondary N) is 2. The molecule has 3 amide bonds. The van der Waals surface area contributed by atoms with Gasteiger partial charge in [0.25, 0.3) is 0 Å². The Kier molecular flexibility index (Phi) is 4.56. The van der Waals surface area contributed by atoms with Gasteiger partial charge in [-0.2, -0.15) is 0 Å². The van der Waals surface area contributed by atoms with Crippen LogP contribution < -0.4 is 10.6 Å². The van der Waals surface area contributed by atoms with Gasteiger partial charge in [-0.1, -0.05) is 6.07 Å². The third-order valence-corrected chi connectivity index (χ3v) is 5.63. The summed E-state index contributed by atoms with van der Waals surface area (Å²) in [5.41, 5.74) is 1.28. The van der Waals surface area contributed by atoms with Crippen LogP contribution in [0.1, 0.15) is 21.4 Å². The quantitative estimate of drug-likeness (QED) is 0.904. The molecule has 0 radical (unpaired) electrons. The largest absolute Gasteiger partial charge is 0.341 e. The fourth-order valence-electron chi connectivity index (χ4n) is 2.73. The Balaban J connectivity index is 1.81. The second kappa shape index (κ2) is 6.60. The highest BCUT2D eigenvalue weighted by atomic mass is 32.1. The summed E-state index contributed by atoms with van der Waals surface area (Å²) in [5, 5.41) is 8.90. The molecule has 0 saturated heterocycles. The van der Waals surface area contributed by atoms with Gasteiger partial charge in [-0.05, 0) is 34.9 Å². The van der Waals surface area contributed by atoms with Crippen LogP contribution in [-0.2, 0) is 11.2 Å². The number of fused-ring (bicyclic) bond motifs is 1. The summed E-state index contributed by atoms with van der Waals surface area (Å²) in [4.78, 5) is 28.1. The van der Waals surface area contributed by atoms with Gasteiger partial charge in [-0.25, -0.2) is 4.79 Å². The monoisotopic (exact) mass is 335 g/mol. The molecule has 1 unspecified atom stereocenters. The van der Waals surface area contributed by atoms with E-state index in [0.29, 0.717) is 0 Å². The fraction of sp³-hybridized carbons (Fsp3) is 0.333. The van der Waals surface area contributed by atoms with Crippen molar-refractivity contribution in [3.63, 3.8) is 0 Å². The van der Waals surface area contributed by atoms with Crippen molar-refractivity contribution in [3.05, 3.63) is 44.3 Å². The Morgan fingerprint density at radius 3 is 2.91 bits per heavy atom. The van der Waals surface area contributed by atoms with E-state index < -0.39 is 6.03 Å². The third kappa shape index (κ3) is 3.06. The Bertz CT molecular complexity index is 666. The maximum atomic E-state index is 12.0. The van der Waals surface area contributed by atoms with E-state index >= 15 is 0 Å². The number of urea groups is 1. The lowest BCUT2D eigenvalue weighted by Crippen LogP contribution is -2.46. The highest BCUT2D eigenvalue weighted by Gasteiger charge is 2.31. The van der Waals surface area contributed by atoms with E-state index in [1.807, 2.05) is 6.07 Å². The molecule has 0 aliphatic carbocycles. The van der Waals surface area contributed by atoms with Gasteiger partial charge < -0.3 is 5.32 Å². The normalized spacial score (nSPS) is 17.8. The van der Waals surface area contributed by atoms with Crippen LogP contribution in [0, 0.1) is 0 Å². The van der Waals surface area contributed by atoms with Crippen molar-refractivity contribution in [2.45, 2.75) is 12.5 Å². The second-order valence-electron chi connectivity index (χ2n) is 5.06. The van der Waals surface area contributed by atoms with Gasteiger partial charge in [0.2, 0.25) is 5.91 Å². The van der Waals surface area contributed by atoms with Crippen LogP contribution >= 0.6 is 22.7 Å². The van der Waals surface area contributed by atoms with Crippen LogP contribution in [0.3, 0.4) is 0 Å². The van der Waals surface area contributed by atoms with Crippen molar-refractivity contribution in [1.29, 1.82) is 0 Å². The minimum atomic E-state index is -0.467. The first kappa shape index (κ1) is 15.2. The average Bonchev–Trinajstić information content (AvgIpc) is 3.17. The standard InChI is InChI=1S/C15H17N3O2S2/c1-16-15(20)17-13(19)9-18-6-4-11-10(5-8-22-11)14(18)12-3-2-7-21-12/h2-3,5,7-8,14H,4,6,9H2,1H3,(H2,16,17,19,20). The SMILES string of the molecule is CNC(=O)NC(=O)CN1CCc2sccc2C1c1cccs1. The number of imide groups is 1. The van der Waals surface area contributed by atoms with E-state index in [2.05, 4.69) is 38.4 Å². The zero-order valence-corrected chi connectivity index (χ0v) is 13.8. The summed E-state index contributed by atoms with van der Waals surface area (Å²) in [7, 11) is 1.50. The van der Waals surface area contributed by atoms with Gasteiger partial charge in [-0.3, -0.25) is 15.0 Å². The summed E-state index contributed by atoms with van der Waals surface area (Å²) in [6.45, 7) is 1.03. The summed E-state index contributed by atoms with van der Waals surface area (Å²) in [6.07, 6.45) is 0.947. The fourth-order valence-corrected chi connectivity index (χ4v) is 4.51. The van der Waals surface area contributed by atoms with Crippen LogP contribution in [0.15, 0.2) is 29.0 Å². The Morgan fingerprint density at radius 2 is 2.18 bits per heavy atom. The highest BCUT2D eigenvalue weighted by molar-refractivity contribution is 7.10. The number of amides is 3. The number of thiophene rings is 2. The van der Waals surface area contributed by atoms with Crippen LogP contribution in [0.4, 0.5) is 4.79 Å². The maximum Gasteiger partial charge on any atom is 0.321 e. The van der Waals surface area contributed by atoms with E-state index in [0.717, 1.165) is 13.0 Å². The molecule has 1 aliphatic rings. The van der Waals surface area contributed by atoms with Crippen molar-refractivity contribution in [2.24, 2.45) is 0 Å². The topological polar surface area (TPSA) is 61.4 Å². The van der Waals surface area contributed by atoms with Crippen molar-refractivity contribution in [2.75, 3.05) is 20.1 Å². The van der Waals surface area contributed by atoms with E-state index in [-0.39, 0.29) is 18.5 Å². The maximum absolute atomic E-state index is 12.0. The van der Waals surface area contributed by atoms with E-state index in [9.17, 15) is 9.59 Å². The Morgan fingerprint density at radius 1 is 1.32 bits per heavy atom. The molecule has 0 bridgehead atoms. The van der Waals surface area contributed by atoms with Gasteiger partial charge in [0.05, 0.1) is 12.6 Å². The average molecular weight is 335 g/mol. The molecule has 0 saturated carbocycles. The molecule has 0 aromatic carbocycles. The molecular formula is C15H17N3O2S2. The number of carbonyl (C=O) groups excluding carboxylic acids is 2. The van der Waals surface area contributed by atoms with Crippen LogP contribution in [-0.4, -0.2) is 37.0 Å². The van der Waals surface area contributed by atoms with E-state index in [1.54, 1.807) is 22.7 Å². The van der Waals surface area contributed by atoms with Crippen molar-refractivity contribution in [3.8, 4) is 0 Å². The van der Waals surface area contributed by atoms with Gasteiger partial charge in [-0.15, -0.1) is 22.7 Å². The second-order valence-corrected chi connectivity index (χ2v) is 7.04. The van der Waals surface area contributed by atoms with Crippen LogP contribution in [0.5, 0.6) is 0 Å². The minimum absolute atomic E-state index is 0.102. The summed E-state index contributed by atoms with van der Waals surface area (Å²) < 4.78 is 0. The van der Waals surface area contributed by atoms with Gasteiger partial charge in [0, 0.05) is 23.3 Å². The molecule has 3 rings (SSSR count). The first-order valence-corrected chi connectivity index (χ1v) is 8.80. The third-order valence-electron chi connectivity index (χ3n) is 3.71. The molecule has 22 heavy (non-hydrogen) atoms. The lowest BCUT2D eigenvalue weighted by atomic mass is 9.98. The molecule has 3 heterocycles. The van der Waals surface area contributed by atoms with Gasteiger partial charge in [0.1, 0.15) is 0 Å². The molecule has 5 nitrogen and oxygen atoms in total. The zero-order valence-electron chi connectivity index (χ0n) is 12.2. The minimum Gasteiger partial charge on any atom is -0.341 e. The van der Waals surface area contributed by atoms with Gasteiger partial charge >= 0.3 is 6.03 Å². The van der Waals surface area contributed by atoms with Gasteiger partial charge in [0.15, 0.2) is 0 Å². The smallest absolute Gasteiger partial charge is 0.321 e. The first-order valence-electron chi connectivity index (χ1n) is 7.04. The number of rotatable bonds is 3. The Labute approximate surface area is 137 Å². The predicted octanol–water partition coefficient (Wildman–Crippen LogP) is 2.21. The van der Waals surface area contributed by atoms with E-state index in [4.69, 9.17) is 0 Å². The molecule has 0 spiro atoms. The predicted molar refractivity (Wildman–Crippen MR) is 88.4 cm³/mol. The molecule has 7 heteroatoms. The lowest BCUT2D eigenvalue weighted by molar-refractivity contribution is -0.121. The number of hydrogen-bond donors (Lipinski definition) is 2. The number of nitrogens with zero attached hydrogens (tertiary/aromatic N) is 1. The number of carbonyl (C=O) groups is 2. The zero-order chi connectivity index (χ0) is 15.5. The van der Waals surface area contributed by atoms with Crippen molar-refractivity contribution >= 4 is 34.6 Å². The number of hydrogen-bond acceptors (Lipinski definition) is 5. The molecular weight excluding hydrogens is 318 g/mol. The molecule has 116 valence electrons. The molecule has 0 fully saturated rings. The first-order chi connectivity index (χ1) is 10.7. The van der Waals surface area contributed by atoms with Crippen molar-refractivity contribution in [1.82, 2.24) is 15.5 Å². The summed E-state index contributed by atoms with van der Waals surface area (Å²) in [6, 6.07) is 5.92. The highest BCUT2D eigenvalue weighted by Crippen LogP contribution is 2.39. The summed E-state index contributed by atoms with van der Waals surface area (Å²) in [5.74, 6) is -0.278. The molecule has 2 aromatic rings. The Hall–Kier alpha value is -1.70. The molecule has 2 N–H and O–H groups in total. The lowest BCUT2D eigenvalue weighted by Gasteiger charge is -2.34. The van der Waals surface area contributed by atoms with E-state index in [1.165, 1.54) is 22.4 Å². The summed E-state index contributed by atoms with van der Waals surface area (Å²) >= 11 is 3.47. The molecule has 1 atom stereocenters. The molecule has 2 aromatic heterocycles. The van der Waals surface area contributed by atoms with Crippen LogP contribution in [0.2, 0.25) is 0 Å². The van der Waals surface area contributed by atoms with Crippen molar-refractivity contribution < 1.29 is 9.59 Å². The molecule has 1 aliphatic heterocycles. The van der Waals surface area contributed by atoms with Crippen LogP contribution in [0.25, 0.3) is 0 Å².